The highest BCUT2D eigenvalue weighted by Gasteiger charge is 2.30. The summed E-state index contributed by atoms with van der Waals surface area (Å²) in [5.41, 5.74) is 1.18. The predicted octanol–water partition coefficient (Wildman–Crippen LogP) is 3.29. The average Bonchev–Trinajstić information content (AvgIpc) is 3.09. The van der Waals surface area contributed by atoms with Crippen molar-refractivity contribution in [2.75, 3.05) is 33.3 Å². The number of benzene rings is 1. The summed E-state index contributed by atoms with van der Waals surface area (Å²) in [7, 11) is 1.71. The summed E-state index contributed by atoms with van der Waals surface area (Å²) in [4.78, 5) is 17.1. The number of carbonyl (C=O) groups excluding carboxylic acids is 1. The van der Waals surface area contributed by atoms with E-state index in [9.17, 15) is 4.79 Å². The Hall–Kier alpha value is -1.07. The fraction of sp³-hybridized carbons (Fsp3) is 0.611. The second kappa shape index (κ2) is 7.67. The zero-order valence-corrected chi connectivity index (χ0v) is 15.3. The molecule has 2 fully saturated rings. The Morgan fingerprint density at radius 1 is 1.26 bits per heavy atom. The lowest BCUT2D eigenvalue weighted by Crippen LogP contribution is -2.43. The molecule has 4 nitrogen and oxygen atoms in total. The molecule has 0 bridgehead atoms. The summed E-state index contributed by atoms with van der Waals surface area (Å²) in [6.45, 7) is 4.67. The van der Waals surface area contributed by atoms with E-state index in [1.54, 1.807) is 7.11 Å². The maximum atomic E-state index is 12.6. The van der Waals surface area contributed by atoms with Crippen LogP contribution in [0.4, 0.5) is 0 Å². The minimum atomic E-state index is 0.167. The first-order valence-electron chi connectivity index (χ1n) is 8.51. The second-order valence-corrected chi connectivity index (χ2v) is 7.48. The SMILES string of the molecule is COc1ccc(Br)cc1CN1CCCC(C(=O)N2CCCC2)C1. The smallest absolute Gasteiger partial charge is 0.226 e. The third-order valence-electron chi connectivity index (χ3n) is 4.91. The zero-order chi connectivity index (χ0) is 16.2. The van der Waals surface area contributed by atoms with Crippen molar-refractivity contribution in [3.63, 3.8) is 0 Å². The summed E-state index contributed by atoms with van der Waals surface area (Å²) in [6, 6.07) is 6.11. The molecule has 2 saturated heterocycles. The number of likely N-dealkylation sites (tertiary alicyclic amines) is 2. The monoisotopic (exact) mass is 380 g/mol. The quantitative estimate of drug-likeness (QED) is 0.803. The maximum absolute atomic E-state index is 12.6. The number of amides is 1. The van der Waals surface area contributed by atoms with Gasteiger partial charge in [0.1, 0.15) is 5.75 Å². The van der Waals surface area contributed by atoms with E-state index in [4.69, 9.17) is 4.74 Å². The van der Waals surface area contributed by atoms with Gasteiger partial charge in [-0.25, -0.2) is 0 Å². The third kappa shape index (κ3) is 4.07. The van der Waals surface area contributed by atoms with Gasteiger partial charge in [-0.05, 0) is 50.4 Å². The first-order chi connectivity index (χ1) is 11.2. The van der Waals surface area contributed by atoms with E-state index in [0.717, 1.165) is 68.6 Å². The molecule has 1 aromatic rings. The van der Waals surface area contributed by atoms with Gasteiger partial charge >= 0.3 is 0 Å². The van der Waals surface area contributed by atoms with Gasteiger partial charge in [0.15, 0.2) is 0 Å². The normalized spacial score (nSPS) is 22.3. The molecule has 0 saturated carbocycles. The summed E-state index contributed by atoms with van der Waals surface area (Å²) >= 11 is 3.54. The number of carbonyl (C=O) groups is 1. The second-order valence-electron chi connectivity index (χ2n) is 6.56. The molecule has 2 aliphatic heterocycles. The highest BCUT2D eigenvalue weighted by atomic mass is 79.9. The van der Waals surface area contributed by atoms with Gasteiger partial charge in [-0.3, -0.25) is 9.69 Å². The van der Waals surface area contributed by atoms with Crippen LogP contribution in [0.1, 0.15) is 31.2 Å². The Balaban J connectivity index is 1.64. The highest BCUT2D eigenvalue weighted by Crippen LogP contribution is 2.27. The molecule has 0 spiro atoms. The molecule has 0 N–H and O–H groups in total. The summed E-state index contributed by atoms with van der Waals surface area (Å²) < 4.78 is 6.54. The van der Waals surface area contributed by atoms with Crippen LogP contribution >= 0.6 is 15.9 Å². The predicted molar refractivity (Wildman–Crippen MR) is 94.5 cm³/mol. The Kier molecular flexibility index (Phi) is 5.59. The van der Waals surface area contributed by atoms with Crippen LogP contribution in [0.5, 0.6) is 5.75 Å². The molecule has 126 valence electrons. The Bertz CT molecular complexity index is 558. The fourth-order valence-electron chi connectivity index (χ4n) is 3.71. The van der Waals surface area contributed by atoms with E-state index in [1.165, 1.54) is 5.56 Å². The van der Waals surface area contributed by atoms with Crippen LogP contribution in [0.15, 0.2) is 22.7 Å². The zero-order valence-electron chi connectivity index (χ0n) is 13.8. The van der Waals surface area contributed by atoms with E-state index < -0.39 is 0 Å². The number of methoxy groups -OCH3 is 1. The molecule has 1 amide bonds. The number of hydrogen-bond donors (Lipinski definition) is 0. The lowest BCUT2D eigenvalue weighted by Gasteiger charge is -2.34. The molecule has 0 aromatic heterocycles. The largest absolute Gasteiger partial charge is 0.496 e. The van der Waals surface area contributed by atoms with Crippen LogP contribution in [0.3, 0.4) is 0 Å². The first-order valence-corrected chi connectivity index (χ1v) is 9.30. The molecular weight excluding hydrogens is 356 g/mol. The highest BCUT2D eigenvalue weighted by molar-refractivity contribution is 9.10. The Morgan fingerprint density at radius 3 is 2.78 bits per heavy atom. The standard InChI is InChI=1S/C18H25BrN2O2/c1-23-17-7-6-16(19)11-15(17)13-20-8-4-5-14(12-20)18(22)21-9-2-3-10-21/h6-7,11,14H,2-5,8-10,12-13H2,1H3. The van der Waals surface area contributed by atoms with Crippen molar-refractivity contribution in [3.8, 4) is 5.75 Å². The number of hydrogen-bond acceptors (Lipinski definition) is 3. The number of halogens is 1. The number of nitrogens with zero attached hydrogens (tertiary/aromatic N) is 2. The average molecular weight is 381 g/mol. The van der Waals surface area contributed by atoms with Crippen LogP contribution in [0, 0.1) is 5.92 Å². The summed E-state index contributed by atoms with van der Waals surface area (Å²) in [6.07, 6.45) is 4.46. The van der Waals surface area contributed by atoms with Crippen molar-refractivity contribution in [1.29, 1.82) is 0 Å². The molecule has 3 rings (SSSR count). The van der Waals surface area contributed by atoms with Gasteiger partial charge in [0.25, 0.3) is 0 Å². The van der Waals surface area contributed by atoms with Gasteiger partial charge in [0, 0.05) is 36.2 Å². The van der Waals surface area contributed by atoms with E-state index >= 15 is 0 Å². The minimum Gasteiger partial charge on any atom is -0.496 e. The summed E-state index contributed by atoms with van der Waals surface area (Å²) in [5.74, 6) is 1.45. The van der Waals surface area contributed by atoms with Crippen LogP contribution in [-0.4, -0.2) is 49.0 Å². The fourth-order valence-corrected chi connectivity index (χ4v) is 4.12. The summed E-state index contributed by atoms with van der Waals surface area (Å²) in [5, 5.41) is 0. The first kappa shape index (κ1) is 16.8. The molecule has 23 heavy (non-hydrogen) atoms. The van der Waals surface area contributed by atoms with Crippen LogP contribution in [0.25, 0.3) is 0 Å². The molecular formula is C18H25BrN2O2. The molecule has 0 aliphatic carbocycles. The maximum Gasteiger partial charge on any atom is 0.226 e. The Morgan fingerprint density at radius 2 is 2.04 bits per heavy atom. The lowest BCUT2D eigenvalue weighted by atomic mass is 9.96. The van der Waals surface area contributed by atoms with Crippen molar-refractivity contribution in [1.82, 2.24) is 9.80 Å². The van der Waals surface area contributed by atoms with E-state index in [2.05, 4.69) is 31.8 Å². The van der Waals surface area contributed by atoms with Crippen molar-refractivity contribution in [3.05, 3.63) is 28.2 Å². The molecule has 0 radical (unpaired) electrons. The van der Waals surface area contributed by atoms with Gasteiger partial charge < -0.3 is 9.64 Å². The van der Waals surface area contributed by atoms with Crippen LogP contribution in [-0.2, 0) is 11.3 Å². The Labute approximate surface area is 146 Å². The van der Waals surface area contributed by atoms with Crippen molar-refractivity contribution in [2.45, 2.75) is 32.2 Å². The molecule has 1 atom stereocenters. The topological polar surface area (TPSA) is 32.8 Å². The van der Waals surface area contributed by atoms with Crippen LogP contribution < -0.4 is 4.74 Å². The van der Waals surface area contributed by atoms with Gasteiger partial charge in [-0.15, -0.1) is 0 Å². The number of ether oxygens (including phenoxy) is 1. The van der Waals surface area contributed by atoms with Gasteiger partial charge in [-0.1, -0.05) is 15.9 Å². The van der Waals surface area contributed by atoms with Gasteiger partial charge in [-0.2, -0.15) is 0 Å². The van der Waals surface area contributed by atoms with E-state index in [-0.39, 0.29) is 5.92 Å². The number of rotatable bonds is 4. The third-order valence-corrected chi connectivity index (χ3v) is 5.40. The minimum absolute atomic E-state index is 0.167. The molecule has 1 aromatic carbocycles. The molecule has 1 unspecified atom stereocenters. The lowest BCUT2D eigenvalue weighted by molar-refractivity contribution is -0.136. The van der Waals surface area contributed by atoms with E-state index in [1.807, 2.05) is 12.1 Å². The van der Waals surface area contributed by atoms with Gasteiger partial charge in [0.2, 0.25) is 5.91 Å². The van der Waals surface area contributed by atoms with Crippen molar-refractivity contribution < 1.29 is 9.53 Å². The number of piperidine rings is 1. The molecule has 5 heteroatoms. The van der Waals surface area contributed by atoms with E-state index in [0.29, 0.717) is 5.91 Å². The van der Waals surface area contributed by atoms with Gasteiger partial charge in [0.05, 0.1) is 13.0 Å². The molecule has 2 heterocycles. The van der Waals surface area contributed by atoms with Crippen LogP contribution in [0.2, 0.25) is 0 Å². The van der Waals surface area contributed by atoms with Crippen molar-refractivity contribution in [2.24, 2.45) is 5.92 Å². The van der Waals surface area contributed by atoms with Crippen molar-refractivity contribution >= 4 is 21.8 Å². The molecule has 2 aliphatic rings.